The Kier molecular flexibility index (Phi) is 5.95. The number of nitrogens with one attached hydrogen (secondary N) is 1. The van der Waals surface area contributed by atoms with E-state index in [2.05, 4.69) is 5.32 Å². The molecule has 24 heavy (non-hydrogen) atoms. The maximum Gasteiger partial charge on any atom is 0.347 e. The van der Waals surface area contributed by atoms with Crippen LogP contribution in [0.2, 0.25) is 0 Å². The summed E-state index contributed by atoms with van der Waals surface area (Å²) >= 11 is 0. The van der Waals surface area contributed by atoms with Crippen molar-refractivity contribution in [3.8, 4) is 5.75 Å². The van der Waals surface area contributed by atoms with E-state index in [0.717, 1.165) is 5.56 Å². The highest BCUT2D eigenvalue weighted by atomic mass is 16.6. The first-order chi connectivity index (χ1) is 11.5. The van der Waals surface area contributed by atoms with Crippen LogP contribution in [0, 0.1) is 6.92 Å². The van der Waals surface area contributed by atoms with Gasteiger partial charge in [-0.2, -0.15) is 0 Å². The lowest BCUT2D eigenvalue weighted by Gasteiger charge is -2.17. The Labute approximate surface area is 141 Å². The molecule has 2 aromatic rings. The summed E-state index contributed by atoms with van der Waals surface area (Å²) in [6.45, 7) is 5.07. The summed E-state index contributed by atoms with van der Waals surface area (Å²) in [7, 11) is 0. The monoisotopic (exact) mass is 327 g/mol. The van der Waals surface area contributed by atoms with E-state index < -0.39 is 18.2 Å². The lowest BCUT2D eigenvalue weighted by Crippen LogP contribution is -2.35. The average molecular weight is 327 g/mol. The number of aryl methyl sites for hydroxylation is 1. The molecule has 0 aliphatic rings. The molecular formula is C19H21NO4. The molecule has 0 bridgehead atoms. The van der Waals surface area contributed by atoms with Crippen LogP contribution in [0.4, 0.5) is 5.69 Å². The number of rotatable bonds is 6. The number of carbonyl (C=O) groups is 2. The molecule has 5 heteroatoms. The fourth-order valence-electron chi connectivity index (χ4n) is 1.96. The van der Waals surface area contributed by atoms with Gasteiger partial charge in [0.2, 0.25) is 0 Å². The van der Waals surface area contributed by atoms with Crippen LogP contribution in [0.15, 0.2) is 54.6 Å². The van der Waals surface area contributed by atoms with Crippen molar-refractivity contribution in [3.05, 3.63) is 60.2 Å². The zero-order chi connectivity index (χ0) is 17.5. The van der Waals surface area contributed by atoms with Gasteiger partial charge >= 0.3 is 5.97 Å². The predicted molar refractivity (Wildman–Crippen MR) is 91.9 cm³/mol. The minimum absolute atomic E-state index is 0.390. The Morgan fingerprint density at radius 1 is 0.917 bits per heavy atom. The highest BCUT2D eigenvalue weighted by Crippen LogP contribution is 2.13. The van der Waals surface area contributed by atoms with Crippen molar-refractivity contribution >= 4 is 17.6 Å². The van der Waals surface area contributed by atoms with Gasteiger partial charge in [0.1, 0.15) is 5.75 Å². The van der Waals surface area contributed by atoms with Gasteiger partial charge in [-0.15, -0.1) is 0 Å². The van der Waals surface area contributed by atoms with Crippen LogP contribution in [0.3, 0.4) is 0 Å². The fraction of sp³-hybridized carbons (Fsp3) is 0.263. The first kappa shape index (κ1) is 17.5. The van der Waals surface area contributed by atoms with Crippen molar-refractivity contribution < 1.29 is 19.1 Å². The molecule has 1 N–H and O–H groups in total. The molecule has 0 aromatic heterocycles. The number of benzene rings is 2. The molecule has 0 aliphatic carbocycles. The van der Waals surface area contributed by atoms with Crippen LogP contribution in [0.25, 0.3) is 0 Å². The zero-order valence-corrected chi connectivity index (χ0v) is 14.0. The van der Waals surface area contributed by atoms with Crippen LogP contribution in [-0.2, 0) is 14.3 Å². The van der Waals surface area contributed by atoms with Gasteiger partial charge in [0.05, 0.1) is 0 Å². The van der Waals surface area contributed by atoms with Crippen LogP contribution < -0.4 is 10.1 Å². The maximum atomic E-state index is 12.1. The minimum Gasteiger partial charge on any atom is -0.479 e. The topological polar surface area (TPSA) is 64.6 Å². The predicted octanol–water partition coefficient (Wildman–Crippen LogP) is 3.33. The van der Waals surface area contributed by atoms with Crippen molar-refractivity contribution in [2.45, 2.75) is 33.0 Å². The van der Waals surface area contributed by atoms with Gasteiger partial charge in [-0.25, -0.2) is 4.79 Å². The van der Waals surface area contributed by atoms with Gasteiger partial charge in [0.15, 0.2) is 12.2 Å². The molecule has 0 unspecified atom stereocenters. The smallest absolute Gasteiger partial charge is 0.347 e. The van der Waals surface area contributed by atoms with E-state index in [-0.39, 0.29) is 5.91 Å². The number of hydrogen-bond acceptors (Lipinski definition) is 4. The second-order valence-corrected chi connectivity index (χ2v) is 5.51. The molecule has 5 nitrogen and oxygen atoms in total. The molecule has 0 aliphatic heterocycles. The number of para-hydroxylation sites is 1. The average Bonchev–Trinajstić information content (AvgIpc) is 2.57. The third kappa shape index (κ3) is 5.12. The molecular weight excluding hydrogens is 306 g/mol. The SMILES string of the molecule is Cc1ccc(NC(=O)[C@@H](C)OC(=O)[C@H](C)Oc2ccccc2)cc1. The number of esters is 1. The highest BCUT2D eigenvalue weighted by molar-refractivity contribution is 5.95. The molecule has 1 amide bonds. The molecule has 126 valence electrons. The van der Waals surface area contributed by atoms with Crippen LogP contribution >= 0.6 is 0 Å². The molecule has 2 rings (SSSR count). The highest BCUT2D eigenvalue weighted by Gasteiger charge is 2.23. The quantitative estimate of drug-likeness (QED) is 0.827. The molecule has 2 aromatic carbocycles. The maximum absolute atomic E-state index is 12.1. The first-order valence-electron chi connectivity index (χ1n) is 7.75. The molecule has 0 spiro atoms. The minimum atomic E-state index is -0.916. The van der Waals surface area contributed by atoms with Gasteiger partial charge in [-0.05, 0) is 45.0 Å². The second-order valence-electron chi connectivity index (χ2n) is 5.51. The van der Waals surface area contributed by atoms with Crippen molar-refractivity contribution in [1.29, 1.82) is 0 Å². The summed E-state index contributed by atoms with van der Waals surface area (Å²) in [6.07, 6.45) is -1.72. The summed E-state index contributed by atoms with van der Waals surface area (Å²) in [5, 5.41) is 2.71. The molecule has 2 atom stereocenters. The van der Waals surface area contributed by atoms with Crippen molar-refractivity contribution in [1.82, 2.24) is 0 Å². The summed E-state index contributed by atoms with van der Waals surface area (Å²) in [6, 6.07) is 16.3. The third-order valence-corrected chi connectivity index (χ3v) is 3.37. The van der Waals surface area contributed by atoms with Crippen LogP contribution in [-0.4, -0.2) is 24.1 Å². The van der Waals surface area contributed by atoms with E-state index >= 15 is 0 Å². The lowest BCUT2D eigenvalue weighted by molar-refractivity contribution is -0.159. The first-order valence-corrected chi connectivity index (χ1v) is 7.75. The van der Waals surface area contributed by atoms with Crippen molar-refractivity contribution in [3.63, 3.8) is 0 Å². The zero-order valence-electron chi connectivity index (χ0n) is 14.0. The van der Waals surface area contributed by atoms with Gasteiger partial charge in [0.25, 0.3) is 5.91 Å². The Hall–Kier alpha value is -2.82. The van der Waals surface area contributed by atoms with Gasteiger partial charge in [-0.1, -0.05) is 35.9 Å². The molecule has 0 heterocycles. The summed E-state index contributed by atoms with van der Waals surface area (Å²) < 4.78 is 10.6. The fourth-order valence-corrected chi connectivity index (χ4v) is 1.96. The van der Waals surface area contributed by atoms with E-state index in [0.29, 0.717) is 11.4 Å². The van der Waals surface area contributed by atoms with E-state index in [1.54, 1.807) is 31.2 Å². The lowest BCUT2D eigenvalue weighted by atomic mass is 10.2. The molecule has 0 saturated carbocycles. The molecule has 0 radical (unpaired) electrons. The number of anilines is 1. The van der Waals surface area contributed by atoms with Crippen LogP contribution in [0.5, 0.6) is 5.75 Å². The number of amides is 1. The Bertz CT molecular complexity index is 682. The number of hydrogen-bond donors (Lipinski definition) is 1. The van der Waals surface area contributed by atoms with Crippen molar-refractivity contribution in [2.24, 2.45) is 0 Å². The van der Waals surface area contributed by atoms with Crippen LogP contribution in [0.1, 0.15) is 19.4 Å². The van der Waals surface area contributed by atoms with E-state index in [9.17, 15) is 9.59 Å². The largest absolute Gasteiger partial charge is 0.479 e. The normalized spacial score (nSPS) is 12.8. The third-order valence-electron chi connectivity index (χ3n) is 3.37. The van der Waals surface area contributed by atoms with Crippen molar-refractivity contribution in [2.75, 3.05) is 5.32 Å². The summed E-state index contributed by atoms with van der Waals surface area (Å²) in [5.41, 5.74) is 1.75. The molecule has 0 fully saturated rings. The Morgan fingerprint density at radius 3 is 2.17 bits per heavy atom. The standard InChI is InChI=1S/C19H21NO4/c1-13-9-11-16(12-10-13)20-18(21)14(2)24-19(22)15(3)23-17-7-5-4-6-8-17/h4-12,14-15H,1-3H3,(H,20,21)/t14-,15+/m1/s1. The summed E-state index contributed by atoms with van der Waals surface area (Å²) in [5.74, 6) is -0.414. The van der Waals surface area contributed by atoms with Gasteiger partial charge in [-0.3, -0.25) is 4.79 Å². The van der Waals surface area contributed by atoms with Gasteiger partial charge < -0.3 is 14.8 Å². The second kappa shape index (κ2) is 8.15. The number of ether oxygens (including phenoxy) is 2. The van der Waals surface area contributed by atoms with E-state index in [1.807, 2.05) is 37.3 Å². The molecule has 0 saturated heterocycles. The summed E-state index contributed by atoms with van der Waals surface area (Å²) in [4.78, 5) is 24.1. The Morgan fingerprint density at radius 2 is 1.54 bits per heavy atom. The number of carbonyl (C=O) groups excluding carboxylic acids is 2. The van der Waals surface area contributed by atoms with E-state index in [4.69, 9.17) is 9.47 Å². The van der Waals surface area contributed by atoms with Gasteiger partial charge in [0, 0.05) is 5.69 Å². The Balaban J connectivity index is 1.85. The van der Waals surface area contributed by atoms with E-state index in [1.165, 1.54) is 6.92 Å².